The van der Waals surface area contributed by atoms with E-state index in [1.165, 1.54) is 67.5 Å². The summed E-state index contributed by atoms with van der Waals surface area (Å²) >= 11 is 8.66. The lowest BCUT2D eigenvalue weighted by molar-refractivity contribution is 0.0702. The average Bonchev–Trinajstić information content (AvgIpc) is 3.68. The molecule has 0 spiro atoms. The van der Waals surface area contributed by atoms with E-state index < -0.39 is 5.97 Å². The number of benzene rings is 1. The van der Waals surface area contributed by atoms with Gasteiger partial charge in [-0.1, -0.05) is 83.1 Å². The van der Waals surface area contributed by atoms with E-state index in [1.54, 1.807) is 11.3 Å². The first-order chi connectivity index (χ1) is 21.2. The van der Waals surface area contributed by atoms with E-state index in [9.17, 15) is 9.90 Å². The zero-order chi connectivity index (χ0) is 31.4. The normalized spacial score (nSPS) is 13.8. The number of nitrogens with zero attached hydrogens (tertiary/aromatic N) is 3. The number of hydrogen-bond donors (Lipinski definition) is 1. The van der Waals surface area contributed by atoms with Gasteiger partial charge in [0.2, 0.25) is 0 Å². The van der Waals surface area contributed by atoms with Gasteiger partial charge in [0.1, 0.15) is 4.88 Å². The Morgan fingerprint density at radius 1 is 1.00 bits per heavy atom. The van der Waals surface area contributed by atoms with Crippen molar-refractivity contribution in [1.82, 2.24) is 14.5 Å². The minimum Gasteiger partial charge on any atom is -0.477 e. The van der Waals surface area contributed by atoms with Crippen molar-refractivity contribution in [2.24, 2.45) is 0 Å². The lowest BCUT2D eigenvalue weighted by Gasteiger charge is -2.23. The van der Waals surface area contributed by atoms with Crippen molar-refractivity contribution in [1.29, 1.82) is 0 Å². The molecule has 0 aliphatic heterocycles. The molecule has 232 valence electrons. The highest BCUT2D eigenvalue weighted by molar-refractivity contribution is 7.80. The summed E-state index contributed by atoms with van der Waals surface area (Å²) in [6, 6.07) is 12.6. The summed E-state index contributed by atoms with van der Waals surface area (Å²) in [5.41, 5.74) is 7.52. The fourth-order valence-electron chi connectivity index (χ4n) is 6.39. The number of aromatic carboxylic acids is 1. The molecule has 5 aromatic rings. The molecule has 6 rings (SSSR count). The van der Waals surface area contributed by atoms with Crippen molar-refractivity contribution in [3.63, 3.8) is 0 Å². The Balaban J connectivity index is 0.000000584. The molecule has 0 bridgehead atoms. The van der Waals surface area contributed by atoms with E-state index in [-0.39, 0.29) is 0 Å². The molecule has 1 N–H and O–H groups in total. The molecule has 5 nitrogen and oxygen atoms in total. The first kappa shape index (κ1) is 32.5. The van der Waals surface area contributed by atoms with Gasteiger partial charge in [0.15, 0.2) is 0 Å². The predicted molar refractivity (Wildman–Crippen MR) is 192 cm³/mol. The van der Waals surface area contributed by atoms with Gasteiger partial charge in [-0.25, -0.2) is 14.8 Å². The van der Waals surface area contributed by atoms with E-state index in [2.05, 4.69) is 53.7 Å². The van der Waals surface area contributed by atoms with Crippen molar-refractivity contribution in [3.8, 4) is 21.8 Å². The van der Waals surface area contributed by atoms with Crippen LogP contribution in [-0.2, 0) is 6.54 Å². The lowest BCUT2D eigenvalue weighted by Crippen LogP contribution is -2.10. The van der Waals surface area contributed by atoms with Crippen LogP contribution in [0, 0.1) is 13.8 Å². The monoisotopic (exact) mass is 645 g/mol. The second-order valence-electron chi connectivity index (χ2n) is 12.0. The molecular formula is C36H43N3O2S3. The molecule has 1 saturated carbocycles. The Bertz CT molecular complexity index is 1790. The molecule has 1 fully saturated rings. The topological polar surface area (TPSA) is 68.0 Å². The number of aryl methyl sites for hydroxylation is 2. The smallest absolute Gasteiger partial charge is 0.345 e. The van der Waals surface area contributed by atoms with Gasteiger partial charge < -0.3 is 9.67 Å². The van der Waals surface area contributed by atoms with Gasteiger partial charge in [0.25, 0.3) is 0 Å². The van der Waals surface area contributed by atoms with Crippen LogP contribution >= 0.6 is 34.9 Å². The third kappa shape index (κ3) is 6.98. The van der Waals surface area contributed by atoms with Gasteiger partial charge in [-0.3, -0.25) is 0 Å². The summed E-state index contributed by atoms with van der Waals surface area (Å²) in [4.78, 5) is 23.8. The number of hydrogen-bond acceptors (Lipinski definition) is 6. The fraction of sp³-hybridized carbons (Fsp3) is 0.444. The van der Waals surface area contributed by atoms with Crippen LogP contribution in [0.15, 0.2) is 36.4 Å². The molecule has 0 saturated heterocycles. The maximum atomic E-state index is 11.9. The first-order valence-corrected chi connectivity index (χ1v) is 18.0. The molecule has 1 aliphatic rings. The zero-order valence-corrected chi connectivity index (χ0v) is 29.0. The first-order valence-electron chi connectivity index (χ1n) is 16.0. The Labute approximate surface area is 274 Å². The fourth-order valence-corrected chi connectivity index (χ4v) is 8.53. The molecule has 4 heterocycles. The van der Waals surface area contributed by atoms with E-state index >= 15 is 0 Å². The summed E-state index contributed by atoms with van der Waals surface area (Å²) in [7, 11) is 0. The molecule has 4 aromatic heterocycles. The minimum atomic E-state index is -0.869. The number of carboxylic acids is 1. The quantitative estimate of drug-likeness (QED) is 0.128. The maximum Gasteiger partial charge on any atom is 0.345 e. The number of thiazole rings is 1. The summed E-state index contributed by atoms with van der Waals surface area (Å²) in [6.45, 7) is 11.1. The second kappa shape index (κ2) is 14.4. The predicted octanol–water partition coefficient (Wildman–Crippen LogP) is 11.4. The summed E-state index contributed by atoms with van der Waals surface area (Å²) in [6.07, 6.45) is 11.5. The van der Waals surface area contributed by atoms with Crippen LogP contribution in [0.25, 0.3) is 42.9 Å². The van der Waals surface area contributed by atoms with E-state index in [4.69, 9.17) is 17.2 Å². The van der Waals surface area contributed by atoms with Crippen LogP contribution < -0.4 is 0 Å². The van der Waals surface area contributed by atoms with Crippen LogP contribution in [0.1, 0.15) is 110 Å². The summed E-state index contributed by atoms with van der Waals surface area (Å²) in [5.74, 6) is -0.450. The SMILES string of the molecule is CC(=S)Cn1c(-c2ccc3nc(-c4sc(C)nc4C)ccc3c2)c(C2CCCCC2)c2sc(C(=O)O)cc21.CCCCCC. The highest BCUT2D eigenvalue weighted by Crippen LogP contribution is 2.47. The highest BCUT2D eigenvalue weighted by Gasteiger charge is 2.29. The van der Waals surface area contributed by atoms with Gasteiger partial charge in [0, 0.05) is 10.3 Å². The standard InChI is InChI=1S/C30H29N3O2S3.C6H14/c1-16(36)15-33-24-14-25(30(34)35)38-29(24)26(19-7-5-4-6-8-19)27(33)21-10-11-22-20(13-21)9-12-23(32-22)28-17(2)31-18(3)37-28;1-3-5-6-4-2/h9-14,19H,4-8,15H2,1-3H3,(H,34,35);3-6H2,1-2H3. The zero-order valence-electron chi connectivity index (χ0n) is 26.5. The van der Waals surface area contributed by atoms with Crippen molar-refractivity contribution >= 4 is 66.8 Å². The molecule has 1 aromatic carbocycles. The number of carboxylic acid groups (broad SMARTS) is 1. The number of pyridine rings is 1. The van der Waals surface area contributed by atoms with E-state index in [1.807, 2.05) is 26.8 Å². The Hall–Kier alpha value is -2.94. The number of aromatic nitrogens is 3. The van der Waals surface area contributed by atoms with Gasteiger partial charge in [0.05, 0.1) is 49.2 Å². The van der Waals surface area contributed by atoms with Gasteiger partial charge in [-0.05, 0) is 74.9 Å². The molecule has 1 aliphatic carbocycles. The molecule has 0 radical (unpaired) electrons. The molecule has 0 amide bonds. The van der Waals surface area contributed by atoms with Crippen molar-refractivity contribution in [2.45, 2.75) is 105 Å². The number of fused-ring (bicyclic) bond motifs is 2. The van der Waals surface area contributed by atoms with Gasteiger partial charge in [-0.15, -0.1) is 22.7 Å². The minimum absolute atomic E-state index is 0.387. The Morgan fingerprint density at radius 2 is 1.73 bits per heavy atom. The van der Waals surface area contributed by atoms with E-state index in [0.29, 0.717) is 17.3 Å². The van der Waals surface area contributed by atoms with Crippen LogP contribution in [0.4, 0.5) is 0 Å². The number of unbranched alkanes of at least 4 members (excludes halogenated alkanes) is 3. The summed E-state index contributed by atoms with van der Waals surface area (Å²) < 4.78 is 3.36. The average molecular weight is 646 g/mol. The van der Waals surface area contributed by atoms with Gasteiger partial charge in [-0.2, -0.15) is 0 Å². The lowest BCUT2D eigenvalue weighted by atomic mass is 9.83. The molecule has 0 atom stereocenters. The van der Waals surface area contributed by atoms with Crippen LogP contribution in [-0.4, -0.2) is 30.5 Å². The largest absolute Gasteiger partial charge is 0.477 e. The molecule has 8 heteroatoms. The Kier molecular flexibility index (Phi) is 10.7. The maximum absolute atomic E-state index is 11.9. The number of thiocarbonyl (C=S) groups is 1. The van der Waals surface area contributed by atoms with E-state index in [0.717, 1.165) is 65.7 Å². The van der Waals surface area contributed by atoms with Crippen molar-refractivity contribution < 1.29 is 9.90 Å². The van der Waals surface area contributed by atoms with Crippen molar-refractivity contribution in [3.05, 3.63) is 57.5 Å². The van der Waals surface area contributed by atoms with Crippen LogP contribution in [0.5, 0.6) is 0 Å². The second-order valence-corrected chi connectivity index (χ2v) is 14.9. The van der Waals surface area contributed by atoms with Gasteiger partial charge >= 0.3 is 5.97 Å². The van der Waals surface area contributed by atoms with Crippen LogP contribution in [0.3, 0.4) is 0 Å². The third-order valence-electron chi connectivity index (χ3n) is 8.43. The Morgan fingerprint density at radius 3 is 2.34 bits per heavy atom. The third-order valence-corrected chi connectivity index (χ3v) is 10.8. The number of carbonyl (C=O) groups is 1. The number of thiophene rings is 1. The molecule has 0 unspecified atom stereocenters. The highest BCUT2D eigenvalue weighted by atomic mass is 32.1. The van der Waals surface area contributed by atoms with Crippen molar-refractivity contribution in [2.75, 3.05) is 0 Å². The summed E-state index contributed by atoms with van der Waals surface area (Å²) in [5, 5.41) is 11.9. The molecular weight excluding hydrogens is 603 g/mol. The number of rotatable bonds is 9. The van der Waals surface area contributed by atoms with Crippen LogP contribution in [0.2, 0.25) is 0 Å². The molecule has 44 heavy (non-hydrogen) atoms.